The number of rotatable bonds is 3. The molecule has 13 heavy (non-hydrogen) atoms. The standard InChI is InChI=1S/C12H25B/c1-6-7-8-12(13)9-11(12,5)10(2,3)4/h6-9,13H2,1-5H3. The SMILES string of the molecule is BC1(CCCC)CC1(C)C(C)(C)C. The Hall–Kier alpha value is 0.0649. The van der Waals surface area contributed by atoms with E-state index in [1.54, 1.807) is 0 Å². The zero-order valence-electron chi connectivity index (χ0n) is 10.3. The van der Waals surface area contributed by atoms with Crippen LogP contribution in [0.4, 0.5) is 0 Å². The first-order valence-corrected chi connectivity index (χ1v) is 5.77. The molecule has 1 aliphatic rings. The quantitative estimate of drug-likeness (QED) is 0.583. The Balaban J connectivity index is 2.59. The predicted octanol–water partition coefficient (Wildman–Crippen LogP) is 3.42. The van der Waals surface area contributed by atoms with Crippen molar-refractivity contribution in [3.8, 4) is 0 Å². The normalized spacial score (nSPS) is 39.2. The van der Waals surface area contributed by atoms with Crippen LogP contribution < -0.4 is 0 Å². The fourth-order valence-electron chi connectivity index (χ4n) is 2.84. The van der Waals surface area contributed by atoms with Gasteiger partial charge in [-0.1, -0.05) is 59.2 Å². The van der Waals surface area contributed by atoms with Gasteiger partial charge in [0.25, 0.3) is 0 Å². The van der Waals surface area contributed by atoms with Gasteiger partial charge >= 0.3 is 0 Å². The molecule has 0 aliphatic heterocycles. The summed E-state index contributed by atoms with van der Waals surface area (Å²) in [5, 5.41) is 0.640. The predicted molar refractivity (Wildman–Crippen MR) is 62.9 cm³/mol. The van der Waals surface area contributed by atoms with E-state index in [0.29, 0.717) is 16.1 Å². The van der Waals surface area contributed by atoms with E-state index in [1.807, 2.05) is 0 Å². The first-order chi connectivity index (χ1) is 5.77. The average molecular weight is 180 g/mol. The van der Waals surface area contributed by atoms with Gasteiger partial charge in [-0.2, -0.15) is 0 Å². The van der Waals surface area contributed by atoms with E-state index >= 15 is 0 Å². The van der Waals surface area contributed by atoms with Crippen LogP contribution in [0, 0.1) is 10.8 Å². The summed E-state index contributed by atoms with van der Waals surface area (Å²) in [6.45, 7) is 11.9. The van der Waals surface area contributed by atoms with E-state index in [-0.39, 0.29) is 0 Å². The van der Waals surface area contributed by atoms with Gasteiger partial charge in [-0.3, -0.25) is 0 Å². The highest BCUT2D eigenvalue weighted by Gasteiger charge is 2.64. The van der Waals surface area contributed by atoms with Gasteiger partial charge in [-0.05, 0) is 17.3 Å². The van der Waals surface area contributed by atoms with Crippen molar-refractivity contribution >= 4 is 7.85 Å². The van der Waals surface area contributed by atoms with Crippen molar-refractivity contribution < 1.29 is 0 Å². The first-order valence-electron chi connectivity index (χ1n) is 5.77. The van der Waals surface area contributed by atoms with Gasteiger partial charge in [0, 0.05) is 0 Å². The van der Waals surface area contributed by atoms with E-state index in [1.165, 1.54) is 25.7 Å². The topological polar surface area (TPSA) is 0 Å². The highest BCUT2D eigenvalue weighted by Crippen LogP contribution is 2.77. The molecule has 1 heteroatoms. The highest BCUT2D eigenvalue weighted by molar-refractivity contribution is 6.18. The van der Waals surface area contributed by atoms with Crippen LogP contribution in [0.2, 0.25) is 5.31 Å². The van der Waals surface area contributed by atoms with Crippen LogP contribution in [0.15, 0.2) is 0 Å². The molecular weight excluding hydrogens is 155 g/mol. The van der Waals surface area contributed by atoms with Gasteiger partial charge in [0.05, 0.1) is 0 Å². The number of unbranched alkanes of at least 4 members (excludes halogenated alkanes) is 1. The van der Waals surface area contributed by atoms with Gasteiger partial charge in [0.2, 0.25) is 0 Å². The maximum absolute atomic E-state index is 2.48. The molecule has 0 aromatic rings. The van der Waals surface area contributed by atoms with Crippen LogP contribution in [0.5, 0.6) is 0 Å². The minimum Gasteiger partial charge on any atom is -0.0654 e. The lowest BCUT2D eigenvalue weighted by molar-refractivity contribution is 0.214. The molecular formula is C12H25B. The van der Waals surface area contributed by atoms with Crippen molar-refractivity contribution in [1.29, 1.82) is 0 Å². The molecule has 0 bridgehead atoms. The third kappa shape index (κ3) is 1.67. The molecule has 1 fully saturated rings. The van der Waals surface area contributed by atoms with Crippen molar-refractivity contribution in [2.45, 2.75) is 65.6 Å². The molecule has 0 radical (unpaired) electrons. The molecule has 2 unspecified atom stereocenters. The largest absolute Gasteiger partial charge is 0.110 e. The lowest BCUT2D eigenvalue weighted by Crippen LogP contribution is -2.23. The van der Waals surface area contributed by atoms with E-state index in [9.17, 15) is 0 Å². The van der Waals surface area contributed by atoms with Crippen LogP contribution in [0.1, 0.15) is 60.3 Å². The summed E-state index contributed by atoms with van der Waals surface area (Å²) >= 11 is 0. The molecule has 0 spiro atoms. The first kappa shape index (κ1) is 11.1. The zero-order valence-corrected chi connectivity index (χ0v) is 10.3. The van der Waals surface area contributed by atoms with Gasteiger partial charge in [0.15, 0.2) is 0 Å². The summed E-state index contributed by atoms with van der Waals surface area (Å²) in [4.78, 5) is 0. The van der Waals surface area contributed by atoms with Gasteiger partial charge in [-0.15, -0.1) is 0 Å². The molecule has 0 aromatic heterocycles. The molecule has 1 saturated carbocycles. The maximum atomic E-state index is 2.48. The van der Waals surface area contributed by atoms with E-state index in [0.717, 1.165) is 0 Å². The van der Waals surface area contributed by atoms with Crippen molar-refractivity contribution in [3.63, 3.8) is 0 Å². The summed E-state index contributed by atoms with van der Waals surface area (Å²) in [5.41, 5.74) is 1.07. The van der Waals surface area contributed by atoms with Crippen LogP contribution in [-0.4, -0.2) is 7.85 Å². The lowest BCUT2D eigenvalue weighted by Gasteiger charge is -2.32. The van der Waals surface area contributed by atoms with Crippen molar-refractivity contribution in [2.24, 2.45) is 10.8 Å². The van der Waals surface area contributed by atoms with Gasteiger partial charge in [0.1, 0.15) is 7.85 Å². The molecule has 0 aromatic carbocycles. The monoisotopic (exact) mass is 180 g/mol. The van der Waals surface area contributed by atoms with Crippen molar-refractivity contribution in [3.05, 3.63) is 0 Å². The number of hydrogen-bond donors (Lipinski definition) is 0. The summed E-state index contributed by atoms with van der Waals surface area (Å²) in [6.07, 6.45) is 5.61. The zero-order chi connectivity index (χ0) is 10.3. The molecule has 2 atom stereocenters. The Bertz CT molecular complexity index is 192. The Kier molecular flexibility index (Phi) is 2.60. The highest BCUT2D eigenvalue weighted by atomic mass is 14.7. The Morgan fingerprint density at radius 2 is 1.85 bits per heavy atom. The second kappa shape index (κ2) is 3.03. The van der Waals surface area contributed by atoms with Crippen molar-refractivity contribution in [2.75, 3.05) is 0 Å². The lowest BCUT2D eigenvalue weighted by atomic mass is 9.64. The van der Waals surface area contributed by atoms with Crippen LogP contribution in [0.25, 0.3) is 0 Å². The minimum atomic E-state index is 0.482. The summed E-state index contributed by atoms with van der Waals surface area (Å²) in [6, 6.07) is 0. The Labute approximate surface area is 84.9 Å². The van der Waals surface area contributed by atoms with E-state index in [4.69, 9.17) is 0 Å². The fraction of sp³-hybridized carbons (Fsp3) is 1.00. The van der Waals surface area contributed by atoms with Gasteiger partial charge < -0.3 is 0 Å². The van der Waals surface area contributed by atoms with Gasteiger partial charge in [-0.25, -0.2) is 0 Å². The Morgan fingerprint density at radius 3 is 2.15 bits per heavy atom. The molecule has 0 saturated heterocycles. The number of hydrogen-bond acceptors (Lipinski definition) is 0. The molecule has 76 valence electrons. The molecule has 0 nitrogen and oxygen atoms in total. The molecule has 0 heterocycles. The van der Waals surface area contributed by atoms with E-state index < -0.39 is 0 Å². The Morgan fingerprint density at radius 1 is 1.31 bits per heavy atom. The molecule has 0 amide bonds. The third-order valence-corrected chi connectivity index (χ3v) is 4.69. The van der Waals surface area contributed by atoms with E-state index in [2.05, 4.69) is 42.5 Å². The fourth-order valence-corrected chi connectivity index (χ4v) is 2.84. The molecule has 0 N–H and O–H groups in total. The second-order valence-corrected chi connectivity index (χ2v) is 6.42. The van der Waals surface area contributed by atoms with Crippen molar-refractivity contribution in [1.82, 2.24) is 0 Å². The smallest absolute Gasteiger partial charge is 0.0654 e. The minimum absolute atomic E-state index is 0.482. The average Bonchev–Trinajstić information content (AvgIpc) is 2.52. The molecule has 1 rings (SSSR count). The second-order valence-electron chi connectivity index (χ2n) is 6.42. The molecule has 1 aliphatic carbocycles. The summed E-state index contributed by atoms with van der Waals surface area (Å²) in [7, 11) is 2.48. The summed E-state index contributed by atoms with van der Waals surface area (Å²) < 4.78 is 0. The van der Waals surface area contributed by atoms with Crippen LogP contribution in [-0.2, 0) is 0 Å². The van der Waals surface area contributed by atoms with Crippen LogP contribution in [0.3, 0.4) is 0 Å². The maximum Gasteiger partial charge on any atom is 0.110 e. The van der Waals surface area contributed by atoms with Crippen LogP contribution >= 0.6 is 0 Å². The third-order valence-electron chi connectivity index (χ3n) is 4.69. The summed E-state index contributed by atoms with van der Waals surface area (Å²) in [5.74, 6) is 0.